The minimum atomic E-state index is -0.783. The average molecular weight is 155 g/mol. The first-order chi connectivity index (χ1) is 5.16. The van der Waals surface area contributed by atoms with Gasteiger partial charge >= 0.3 is 5.97 Å². The summed E-state index contributed by atoms with van der Waals surface area (Å²) in [4.78, 5) is 10.2. The first kappa shape index (κ1) is 9.99. The molecule has 3 nitrogen and oxygen atoms in total. The maximum Gasteiger partial charge on any atom is 0.304 e. The van der Waals surface area contributed by atoms with Gasteiger partial charge < -0.3 is 10.4 Å². The van der Waals surface area contributed by atoms with E-state index in [9.17, 15) is 4.79 Å². The van der Waals surface area contributed by atoms with Crippen LogP contribution in [0.1, 0.15) is 20.3 Å². The Morgan fingerprint density at radius 1 is 1.73 bits per heavy atom. The van der Waals surface area contributed by atoms with E-state index in [1.54, 1.807) is 6.92 Å². The van der Waals surface area contributed by atoms with Gasteiger partial charge in [-0.1, -0.05) is 5.92 Å². The monoisotopic (exact) mass is 155 g/mol. The summed E-state index contributed by atoms with van der Waals surface area (Å²) in [6.07, 6.45) is 0.144. The molecular formula is C8H13NO2. The Bertz CT molecular complexity index is 178. The minimum Gasteiger partial charge on any atom is -0.481 e. The Labute approximate surface area is 66.8 Å². The van der Waals surface area contributed by atoms with Crippen LogP contribution in [0.5, 0.6) is 0 Å². The lowest BCUT2D eigenvalue weighted by atomic mass is 10.2. The lowest BCUT2D eigenvalue weighted by molar-refractivity contribution is -0.137. The van der Waals surface area contributed by atoms with E-state index >= 15 is 0 Å². The third-order valence-corrected chi connectivity index (χ3v) is 1.20. The number of hydrogen-bond donors (Lipinski definition) is 2. The van der Waals surface area contributed by atoms with Gasteiger partial charge in [-0.25, -0.2) is 0 Å². The molecule has 0 rings (SSSR count). The first-order valence-electron chi connectivity index (χ1n) is 3.51. The normalized spacial score (nSPS) is 11.5. The maximum atomic E-state index is 10.2. The van der Waals surface area contributed by atoms with Crippen LogP contribution in [-0.2, 0) is 4.79 Å². The smallest absolute Gasteiger partial charge is 0.304 e. The molecule has 1 unspecified atom stereocenters. The van der Waals surface area contributed by atoms with E-state index in [1.165, 1.54) is 0 Å². The zero-order chi connectivity index (χ0) is 8.69. The van der Waals surface area contributed by atoms with Crippen LogP contribution >= 0.6 is 0 Å². The Hall–Kier alpha value is -1.01. The first-order valence-corrected chi connectivity index (χ1v) is 3.51. The Morgan fingerprint density at radius 2 is 2.36 bits per heavy atom. The molecule has 0 heterocycles. The number of carbonyl (C=O) groups is 1. The summed E-state index contributed by atoms with van der Waals surface area (Å²) >= 11 is 0. The highest BCUT2D eigenvalue weighted by Gasteiger charge is 2.04. The van der Waals surface area contributed by atoms with E-state index in [4.69, 9.17) is 5.11 Å². The van der Waals surface area contributed by atoms with Crippen molar-refractivity contribution < 1.29 is 9.90 Å². The maximum absolute atomic E-state index is 10.2. The lowest BCUT2D eigenvalue weighted by Gasteiger charge is -2.07. The third-order valence-electron chi connectivity index (χ3n) is 1.20. The third kappa shape index (κ3) is 6.88. The van der Waals surface area contributed by atoms with Crippen LogP contribution in [0, 0.1) is 11.8 Å². The van der Waals surface area contributed by atoms with Crippen LogP contribution in [0.4, 0.5) is 0 Å². The van der Waals surface area contributed by atoms with Gasteiger partial charge in [-0.2, -0.15) is 0 Å². The summed E-state index contributed by atoms with van der Waals surface area (Å²) in [6.45, 7) is 4.14. The highest BCUT2D eigenvalue weighted by atomic mass is 16.4. The molecule has 0 saturated carbocycles. The van der Waals surface area contributed by atoms with E-state index < -0.39 is 5.97 Å². The second kappa shape index (κ2) is 5.75. The van der Waals surface area contributed by atoms with Gasteiger partial charge in [0.25, 0.3) is 0 Å². The summed E-state index contributed by atoms with van der Waals surface area (Å²) in [5.41, 5.74) is 0. The van der Waals surface area contributed by atoms with Crippen LogP contribution in [0.15, 0.2) is 0 Å². The summed E-state index contributed by atoms with van der Waals surface area (Å²) in [7, 11) is 0. The van der Waals surface area contributed by atoms with E-state index in [1.807, 2.05) is 6.92 Å². The largest absolute Gasteiger partial charge is 0.481 e. The molecule has 0 fully saturated rings. The second-order valence-corrected chi connectivity index (χ2v) is 2.31. The fraction of sp³-hybridized carbons (Fsp3) is 0.625. The molecule has 11 heavy (non-hydrogen) atoms. The summed E-state index contributed by atoms with van der Waals surface area (Å²) in [6, 6.07) is -0.00616. The van der Waals surface area contributed by atoms with Gasteiger partial charge in [0.2, 0.25) is 0 Å². The number of aliphatic carboxylic acids is 1. The van der Waals surface area contributed by atoms with Crippen molar-refractivity contribution in [1.29, 1.82) is 0 Å². The second-order valence-electron chi connectivity index (χ2n) is 2.31. The van der Waals surface area contributed by atoms with Gasteiger partial charge in [-0.15, -0.1) is 5.92 Å². The molecule has 0 bridgehead atoms. The Balaban J connectivity index is 3.41. The predicted molar refractivity (Wildman–Crippen MR) is 43.2 cm³/mol. The lowest BCUT2D eigenvalue weighted by Crippen LogP contribution is -2.28. The van der Waals surface area contributed by atoms with Crippen LogP contribution in [0.25, 0.3) is 0 Å². The van der Waals surface area contributed by atoms with Gasteiger partial charge in [0.05, 0.1) is 13.0 Å². The molecule has 0 amide bonds. The summed E-state index contributed by atoms with van der Waals surface area (Å²) in [5, 5.41) is 11.3. The van der Waals surface area contributed by atoms with Crippen molar-refractivity contribution >= 4 is 5.97 Å². The molecule has 0 aromatic carbocycles. The van der Waals surface area contributed by atoms with Crippen molar-refractivity contribution in [3.8, 4) is 11.8 Å². The van der Waals surface area contributed by atoms with Gasteiger partial charge in [0.15, 0.2) is 0 Å². The molecular weight excluding hydrogens is 142 g/mol. The number of nitrogens with one attached hydrogen (secondary N) is 1. The molecule has 0 radical (unpaired) electrons. The molecule has 0 aliphatic rings. The van der Waals surface area contributed by atoms with Crippen molar-refractivity contribution in [3.05, 3.63) is 0 Å². The highest BCUT2D eigenvalue weighted by Crippen LogP contribution is 1.88. The molecule has 0 aliphatic heterocycles. The van der Waals surface area contributed by atoms with Gasteiger partial charge in [-0.3, -0.25) is 4.79 Å². The highest BCUT2D eigenvalue weighted by molar-refractivity contribution is 5.67. The van der Waals surface area contributed by atoms with E-state index in [0.29, 0.717) is 6.54 Å². The van der Waals surface area contributed by atoms with Crippen LogP contribution in [0.2, 0.25) is 0 Å². The summed E-state index contributed by atoms with van der Waals surface area (Å²) < 4.78 is 0. The molecule has 1 atom stereocenters. The average Bonchev–Trinajstić information content (AvgIpc) is 1.86. The fourth-order valence-corrected chi connectivity index (χ4v) is 0.648. The van der Waals surface area contributed by atoms with Crippen molar-refractivity contribution in [3.63, 3.8) is 0 Å². The SMILES string of the molecule is CC#CCNC(C)CC(=O)O. The molecule has 62 valence electrons. The van der Waals surface area contributed by atoms with Crippen molar-refractivity contribution in [2.45, 2.75) is 26.3 Å². The van der Waals surface area contributed by atoms with Crippen LogP contribution in [0.3, 0.4) is 0 Å². The quantitative estimate of drug-likeness (QED) is 0.580. The van der Waals surface area contributed by atoms with Crippen molar-refractivity contribution in [1.82, 2.24) is 5.32 Å². The zero-order valence-electron chi connectivity index (χ0n) is 6.85. The molecule has 0 spiro atoms. The van der Waals surface area contributed by atoms with E-state index in [2.05, 4.69) is 17.2 Å². The standard InChI is InChI=1S/C8H13NO2/c1-3-4-5-9-7(2)6-8(10)11/h7,9H,5-6H2,1-2H3,(H,10,11). The van der Waals surface area contributed by atoms with E-state index in [-0.39, 0.29) is 12.5 Å². The Kier molecular flexibility index (Phi) is 5.22. The number of rotatable bonds is 4. The zero-order valence-corrected chi connectivity index (χ0v) is 6.85. The molecule has 2 N–H and O–H groups in total. The van der Waals surface area contributed by atoms with Crippen molar-refractivity contribution in [2.75, 3.05) is 6.54 Å². The molecule has 3 heteroatoms. The molecule has 0 aromatic rings. The predicted octanol–water partition coefficient (Wildman–Crippen LogP) is 0.463. The molecule has 0 saturated heterocycles. The summed E-state index contributed by atoms with van der Waals surface area (Å²) in [5.74, 6) is 4.73. The molecule has 0 aromatic heterocycles. The number of carboxylic acids is 1. The van der Waals surface area contributed by atoms with Gasteiger partial charge in [-0.05, 0) is 13.8 Å². The van der Waals surface area contributed by atoms with E-state index in [0.717, 1.165) is 0 Å². The topological polar surface area (TPSA) is 49.3 Å². The Morgan fingerprint density at radius 3 is 2.82 bits per heavy atom. The van der Waals surface area contributed by atoms with Gasteiger partial charge in [0, 0.05) is 6.04 Å². The minimum absolute atomic E-state index is 0.00616. The van der Waals surface area contributed by atoms with Crippen LogP contribution < -0.4 is 5.32 Å². The number of hydrogen-bond acceptors (Lipinski definition) is 2. The van der Waals surface area contributed by atoms with Crippen molar-refractivity contribution in [2.24, 2.45) is 0 Å². The molecule has 0 aliphatic carbocycles. The van der Waals surface area contributed by atoms with Crippen LogP contribution in [-0.4, -0.2) is 23.7 Å². The van der Waals surface area contributed by atoms with Gasteiger partial charge in [0.1, 0.15) is 0 Å². The fourth-order valence-electron chi connectivity index (χ4n) is 0.648. The number of carboxylic acid groups (broad SMARTS) is 1.